The fraction of sp³-hybridized carbons (Fsp3) is 0.747. The van der Waals surface area contributed by atoms with E-state index in [9.17, 15) is 13.2 Å². The van der Waals surface area contributed by atoms with E-state index < -0.39 is 207 Å². The molecule has 0 radical (unpaired) electrons. The minimum atomic E-state index is -4.23. The molecular formula is C95H265F3O17Si23. The molecule has 0 rings (SSSR count). The highest BCUT2D eigenvalue weighted by molar-refractivity contribution is 6.97. The molecule has 0 saturated carbocycles. The van der Waals surface area contributed by atoms with Gasteiger partial charge in [0.15, 0.2) is 99.8 Å². The predicted molar refractivity (Wildman–Crippen MR) is 705 cm³/mol. The Morgan fingerprint density at radius 1 is 0.174 bits per heavy atom. The zero-order valence-electron chi connectivity index (χ0n) is 82.6. The standard InChI is InChI=1S/C14H31F3O3Si4.C13H32O3Si4.C13H30O3Si4.C12H30O3Si4.C11H30O3Si4.C10H24O2Si3.22CH4/c1-10-21(3,4)18-23(7,8)20-24(9,13-12-14(15,16)17)19-22(5,6)11-2;2*1-11-17(4,5)14-19(8,9)16-20(10,13-3)15-18(6,7)12-2;1-11-17(6,7)14-18(8,9)15-19(10,12-2)13-16(3,4)5;1-11-18(10,13-16(5,6)7)14-17(8,9)12-15(2,3)4;1-9-13(3,4)11-15(7,8)12-14(5,6)10-2;;;;;;;;;;;;;;;;;;;;;;/h10-11H,1-2,12-13H2,3-9H3;11-12H,1-2,13H2,3-10H3;11-13H,1-3H2,4-10H3;11-12H,1-2H2,3-10H3;11H,1H2,2-10H3;9-10H,1-2H2,3-8H3;22*1H4. The highest BCUT2D eigenvalue weighted by Crippen LogP contribution is 2.35. The lowest BCUT2D eigenvalue weighted by atomic mass is 10.5. The highest BCUT2D eigenvalue weighted by atomic mass is 28.5. The van der Waals surface area contributed by atoms with Crippen LogP contribution in [0.4, 0.5) is 13.2 Å². The second-order valence-electron chi connectivity index (χ2n) is 40.1. The average Bonchev–Trinajstić information content (AvgIpc) is 0.803. The van der Waals surface area contributed by atoms with Gasteiger partial charge in [0.2, 0.25) is 0 Å². The Kier molecular flexibility index (Phi) is 129. The minimum Gasteiger partial charge on any atom is -0.437 e. The molecule has 0 heterocycles. The zero-order valence-corrected chi connectivity index (χ0v) is 106. The summed E-state index contributed by atoms with van der Waals surface area (Å²) in [6.45, 7) is 140. The molecule has 0 aliphatic carbocycles. The van der Waals surface area contributed by atoms with Crippen molar-refractivity contribution in [2.75, 3.05) is 0 Å². The molecule has 43 heteroatoms. The summed E-state index contributed by atoms with van der Waals surface area (Å²) in [5.41, 5.74) is 22.7. The van der Waals surface area contributed by atoms with E-state index in [2.05, 4.69) is 322 Å². The van der Waals surface area contributed by atoms with Gasteiger partial charge in [-0.05, 0) is 300 Å². The minimum absolute atomic E-state index is 0. The normalized spacial score (nSPS) is 13.7. The third-order valence-electron chi connectivity index (χ3n) is 15.4. The lowest BCUT2D eigenvalue weighted by Crippen LogP contribution is -2.57. The van der Waals surface area contributed by atoms with Gasteiger partial charge in [0.1, 0.15) is 0 Å². The SMILES string of the molecule is C.C.C.C.C.C.C.C.C.C.C.C.C.C.C.C.C.C.C.C.C.C.C=C[Si](C)(C)O[Si](C)(C)O[Si](C)(C)C=C.C=C[Si](C)(C)O[Si](C)(C)O[Si](C)(C=C)O[Si](C)(C)C.C=C[Si](C)(C)O[Si](C)(C)O[Si](C)(C=C)O[Si](C)(C)C=C.C=C[Si](C)(C)O[Si](C)(C)O[Si](C)(CC)O[Si](C)(C)C=C.C=C[Si](C)(C)O[Si](C)(C)O[Si](C)(CCC(F)(F)F)O[Si](C)(C)C=C.C=C[Si](C)(O[Si](C)(C)C)O[Si](C)(C)O[Si](C)(C)C. The molecule has 138 heavy (non-hydrogen) atoms. The lowest BCUT2D eigenvalue weighted by Gasteiger charge is -2.41. The second kappa shape index (κ2) is 82.7. The summed E-state index contributed by atoms with van der Waals surface area (Å²) in [4.78, 5) is 0. The van der Waals surface area contributed by atoms with Crippen LogP contribution in [0, 0.1) is 0 Å². The van der Waals surface area contributed by atoms with Crippen molar-refractivity contribution < 1.29 is 83.1 Å². The summed E-state index contributed by atoms with van der Waals surface area (Å²) in [6.07, 6.45) is -5.15. The van der Waals surface area contributed by atoms with Gasteiger partial charge < -0.3 is 70.0 Å². The van der Waals surface area contributed by atoms with Crippen LogP contribution in [0.25, 0.3) is 0 Å². The molecule has 0 aromatic rings. The van der Waals surface area contributed by atoms with Crippen molar-refractivity contribution in [1.29, 1.82) is 0 Å². The van der Waals surface area contributed by atoms with Gasteiger partial charge in [-0.1, -0.05) is 239 Å². The number of alkyl halides is 3. The second-order valence-corrected chi connectivity index (χ2v) is 129. The third kappa shape index (κ3) is 114. The van der Waals surface area contributed by atoms with Gasteiger partial charge in [0, 0.05) is 6.42 Å². The molecular weight excluding hydrogens is 2120 g/mol. The Hall–Kier alpha value is 0.978. The van der Waals surface area contributed by atoms with Crippen molar-refractivity contribution in [2.45, 2.75) is 483 Å². The lowest BCUT2D eigenvalue weighted by molar-refractivity contribution is -0.131. The molecule has 0 amide bonds. The highest BCUT2D eigenvalue weighted by Gasteiger charge is 2.51. The molecule has 860 valence electrons. The molecule has 0 aliphatic heterocycles. The van der Waals surface area contributed by atoms with Crippen LogP contribution < -0.4 is 0 Å². The van der Waals surface area contributed by atoms with Gasteiger partial charge in [0.05, 0.1) is 0 Å². The van der Waals surface area contributed by atoms with Crippen LogP contribution in [0.15, 0.2) is 147 Å². The van der Waals surface area contributed by atoms with Gasteiger partial charge in [0.25, 0.3) is 0 Å². The molecule has 0 spiro atoms. The Morgan fingerprint density at radius 2 is 0.312 bits per heavy atom. The third-order valence-corrected chi connectivity index (χ3v) is 95.4. The summed E-state index contributed by atoms with van der Waals surface area (Å²) >= 11 is 0. The Morgan fingerprint density at radius 3 is 0.471 bits per heavy atom. The van der Waals surface area contributed by atoms with E-state index in [0.717, 1.165) is 6.04 Å². The fourth-order valence-electron chi connectivity index (χ4n) is 11.4. The van der Waals surface area contributed by atoms with Gasteiger partial charge in [-0.2, -0.15) is 13.2 Å². The Bertz CT molecular complexity index is 3090. The van der Waals surface area contributed by atoms with E-state index in [0.29, 0.717) is 0 Å². The first-order chi connectivity index (χ1) is 50.5. The maximum absolute atomic E-state index is 12.7. The molecule has 0 bridgehead atoms. The molecule has 0 N–H and O–H groups in total. The van der Waals surface area contributed by atoms with E-state index in [1.54, 1.807) is 17.9 Å². The molecule has 0 saturated heterocycles. The maximum atomic E-state index is 12.7. The molecule has 0 fully saturated rings. The van der Waals surface area contributed by atoms with E-state index in [4.69, 9.17) is 70.0 Å². The first kappa shape index (κ1) is 215. The van der Waals surface area contributed by atoms with Crippen LogP contribution in [0.2, 0.25) is 300 Å². The van der Waals surface area contributed by atoms with Crippen LogP contribution >= 0.6 is 0 Å². The van der Waals surface area contributed by atoms with Crippen LogP contribution in [-0.2, 0) is 70.0 Å². The number of hydrogen-bond acceptors (Lipinski definition) is 17. The number of hydrogen-bond donors (Lipinski definition) is 0. The van der Waals surface area contributed by atoms with Crippen LogP contribution in [-0.4, -0.2) is 200 Å². The Labute approximate surface area is 899 Å². The summed E-state index contributed by atoms with van der Waals surface area (Å²) in [7, 11) is -48.0. The molecule has 0 aliphatic rings. The first-order valence-corrected chi connectivity index (χ1v) is 106. The average molecular weight is 2380 g/mol. The number of rotatable bonds is 49. The molecule has 5 unspecified atom stereocenters. The fourth-order valence-corrected chi connectivity index (χ4v) is 104. The van der Waals surface area contributed by atoms with Crippen LogP contribution in [0.1, 0.15) is 177 Å². The summed E-state index contributed by atoms with van der Waals surface area (Å²) in [5, 5.41) is 0. The Balaban J connectivity index is -0.0000000394. The van der Waals surface area contributed by atoms with E-state index in [-0.39, 0.29) is 169 Å². The van der Waals surface area contributed by atoms with Crippen molar-refractivity contribution in [3.63, 3.8) is 0 Å². The van der Waals surface area contributed by atoms with Crippen LogP contribution in [0.5, 0.6) is 0 Å². The van der Waals surface area contributed by atoms with Gasteiger partial charge in [-0.3, -0.25) is 0 Å². The monoisotopic (exact) mass is 2380 g/mol. The first-order valence-electron chi connectivity index (χ1n) is 40.1. The van der Waals surface area contributed by atoms with Crippen molar-refractivity contribution in [2.24, 2.45) is 0 Å². The quantitative estimate of drug-likeness (QED) is 0.0529. The maximum Gasteiger partial charge on any atom is 0.389 e. The zero-order chi connectivity index (χ0) is 94.6. The molecule has 17 nitrogen and oxygen atoms in total. The van der Waals surface area contributed by atoms with Crippen molar-refractivity contribution in [3.8, 4) is 0 Å². The largest absolute Gasteiger partial charge is 0.437 e. The van der Waals surface area contributed by atoms with Gasteiger partial charge >= 0.3 is 100 Å². The van der Waals surface area contributed by atoms with Crippen molar-refractivity contribution in [1.82, 2.24) is 0 Å². The topological polar surface area (TPSA) is 157 Å². The van der Waals surface area contributed by atoms with Gasteiger partial charge in [-0.15, -0.1) is 78.9 Å². The van der Waals surface area contributed by atoms with Crippen LogP contribution in [0.3, 0.4) is 0 Å². The predicted octanol–water partition coefficient (Wildman–Crippen LogP) is 40.8. The van der Waals surface area contributed by atoms with E-state index in [1.807, 2.05) is 103 Å². The van der Waals surface area contributed by atoms with Crippen molar-refractivity contribution in [3.05, 3.63) is 147 Å². The smallest absolute Gasteiger partial charge is 0.389 e. The molecule has 0 aromatic heterocycles. The van der Waals surface area contributed by atoms with Gasteiger partial charge in [-0.25, -0.2) is 0 Å². The van der Waals surface area contributed by atoms with Crippen molar-refractivity contribution >= 4 is 194 Å². The van der Waals surface area contributed by atoms with E-state index >= 15 is 0 Å². The van der Waals surface area contributed by atoms with E-state index in [1.165, 1.54) is 0 Å². The summed E-state index contributed by atoms with van der Waals surface area (Å²) < 4.78 is 145. The molecule has 5 atom stereocenters. The summed E-state index contributed by atoms with van der Waals surface area (Å²) in [5.74, 6) is 0. The summed E-state index contributed by atoms with van der Waals surface area (Å²) in [6, 6.07) is 0.782. The number of halogens is 3. The molecule has 0 aromatic carbocycles.